The molecule has 2 aromatic heterocycles. The van der Waals surface area contributed by atoms with Crippen molar-refractivity contribution in [1.82, 2.24) is 14.6 Å². The van der Waals surface area contributed by atoms with Crippen LogP contribution in [-0.2, 0) is 4.74 Å². The van der Waals surface area contributed by atoms with Crippen LogP contribution in [0.4, 0.5) is 0 Å². The van der Waals surface area contributed by atoms with Crippen LogP contribution < -0.4 is 4.74 Å². The van der Waals surface area contributed by atoms with E-state index in [0.717, 1.165) is 22.2 Å². The lowest BCUT2D eigenvalue weighted by molar-refractivity contribution is 0.138. The summed E-state index contributed by atoms with van der Waals surface area (Å²) in [7, 11) is 0. The van der Waals surface area contributed by atoms with Crippen molar-refractivity contribution < 1.29 is 9.47 Å². The van der Waals surface area contributed by atoms with Gasteiger partial charge in [0.05, 0.1) is 29.2 Å². The van der Waals surface area contributed by atoms with Gasteiger partial charge in [-0.1, -0.05) is 11.6 Å². The predicted molar refractivity (Wildman–Crippen MR) is 70.6 cm³/mol. The fourth-order valence-corrected chi connectivity index (χ4v) is 2.36. The van der Waals surface area contributed by atoms with Crippen molar-refractivity contribution in [3.8, 4) is 5.88 Å². The van der Waals surface area contributed by atoms with Gasteiger partial charge in [0.2, 0.25) is 5.88 Å². The Kier molecular flexibility index (Phi) is 3.10. The Morgan fingerprint density at radius 3 is 3.24 bits per heavy atom. The molecule has 0 bridgehead atoms. The van der Waals surface area contributed by atoms with Gasteiger partial charge in [-0.2, -0.15) is 10.1 Å². The van der Waals surface area contributed by atoms with Crippen LogP contribution in [0, 0.1) is 3.57 Å². The van der Waals surface area contributed by atoms with E-state index in [1.807, 2.05) is 0 Å². The summed E-state index contributed by atoms with van der Waals surface area (Å²) in [5, 5.41) is 4.60. The van der Waals surface area contributed by atoms with Crippen LogP contribution in [0.1, 0.15) is 6.42 Å². The van der Waals surface area contributed by atoms with Gasteiger partial charge in [0.15, 0.2) is 5.65 Å². The maximum atomic E-state index is 6.10. The summed E-state index contributed by atoms with van der Waals surface area (Å²) < 4.78 is 13.6. The summed E-state index contributed by atoms with van der Waals surface area (Å²) in [6.45, 7) is 1.33. The summed E-state index contributed by atoms with van der Waals surface area (Å²) in [6, 6.07) is 0. The molecule has 1 aliphatic heterocycles. The molecule has 17 heavy (non-hydrogen) atoms. The average Bonchev–Trinajstić information content (AvgIpc) is 2.92. The van der Waals surface area contributed by atoms with Crippen molar-refractivity contribution in [3.05, 3.63) is 21.0 Å². The molecule has 90 valence electrons. The number of fused-ring (bicyclic) bond motifs is 1. The van der Waals surface area contributed by atoms with Crippen molar-refractivity contribution in [2.45, 2.75) is 12.5 Å². The molecule has 3 rings (SSSR count). The third-order valence-electron chi connectivity index (χ3n) is 2.54. The maximum absolute atomic E-state index is 6.10. The number of halogens is 2. The molecule has 0 N–H and O–H groups in total. The minimum absolute atomic E-state index is 0.0445. The Labute approximate surface area is 116 Å². The number of ether oxygens (including phenoxy) is 2. The number of hydrogen-bond donors (Lipinski definition) is 0. The molecular weight excluding hydrogens is 356 g/mol. The van der Waals surface area contributed by atoms with Crippen molar-refractivity contribution in [2.24, 2.45) is 0 Å². The van der Waals surface area contributed by atoms with Crippen LogP contribution in [0.2, 0.25) is 5.02 Å². The summed E-state index contributed by atoms with van der Waals surface area (Å²) in [5.41, 5.74) is 0.754. The fraction of sp³-hybridized carbons (Fsp3) is 0.400. The summed E-state index contributed by atoms with van der Waals surface area (Å²) in [6.07, 6.45) is 4.36. The first kappa shape index (κ1) is 11.5. The zero-order valence-corrected chi connectivity index (χ0v) is 11.7. The van der Waals surface area contributed by atoms with E-state index >= 15 is 0 Å². The van der Waals surface area contributed by atoms with Crippen LogP contribution in [0.15, 0.2) is 12.4 Å². The molecule has 1 unspecified atom stereocenters. The highest BCUT2D eigenvalue weighted by molar-refractivity contribution is 14.1. The van der Waals surface area contributed by atoms with E-state index in [2.05, 4.69) is 32.7 Å². The van der Waals surface area contributed by atoms with Crippen molar-refractivity contribution in [2.75, 3.05) is 13.2 Å². The maximum Gasteiger partial charge on any atom is 0.236 e. The summed E-state index contributed by atoms with van der Waals surface area (Å²) >= 11 is 8.28. The van der Waals surface area contributed by atoms with Gasteiger partial charge in [-0.05, 0) is 22.6 Å². The van der Waals surface area contributed by atoms with Crippen molar-refractivity contribution in [3.63, 3.8) is 0 Å². The first-order valence-corrected chi connectivity index (χ1v) is 6.63. The average molecular weight is 366 g/mol. The zero-order valence-electron chi connectivity index (χ0n) is 8.77. The first-order chi connectivity index (χ1) is 8.24. The lowest BCUT2D eigenvalue weighted by Crippen LogP contribution is -2.17. The highest BCUT2D eigenvalue weighted by Crippen LogP contribution is 2.26. The molecule has 0 aromatic carbocycles. The molecule has 0 radical (unpaired) electrons. The van der Waals surface area contributed by atoms with E-state index in [1.54, 1.807) is 16.9 Å². The minimum Gasteiger partial charge on any atom is -0.471 e. The largest absolute Gasteiger partial charge is 0.471 e. The quantitative estimate of drug-likeness (QED) is 0.765. The smallest absolute Gasteiger partial charge is 0.236 e. The zero-order chi connectivity index (χ0) is 11.8. The molecule has 0 spiro atoms. The molecule has 3 heterocycles. The van der Waals surface area contributed by atoms with E-state index in [-0.39, 0.29) is 6.10 Å². The lowest BCUT2D eigenvalue weighted by Gasteiger charge is -2.12. The van der Waals surface area contributed by atoms with Gasteiger partial charge >= 0.3 is 0 Å². The molecule has 2 aromatic rings. The van der Waals surface area contributed by atoms with E-state index in [1.165, 1.54) is 0 Å². The van der Waals surface area contributed by atoms with Gasteiger partial charge in [0, 0.05) is 6.42 Å². The first-order valence-electron chi connectivity index (χ1n) is 5.18. The van der Waals surface area contributed by atoms with Gasteiger partial charge in [0.25, 0.3) is 0 Å². The standard InChI is InChI=1S/C10H9ClIN3O2/c11-7-4-15-9(8(12)3-13-15)14-10(7)17-6-1-2-16-5-6/h3-4,6H,1-2,5H2. The van der Waals surface area contributed by atoms with E-state index in [0.29, 0.717) is 17.5 Å². The Morgan fingerprint density at radius 1 is 1.59 bits per heavy atom. The molecule has 1 atom stereocenters. The molecule has 0 aliphatic carbocycles. The lowest BCUT2D eigenvalue weighted by atomic mass is 10.3. The molecule has 1 fully saturated rings. The van der Waals surface area contributed by atoms with E-state index in [9.17, 15) is 0 Å². The normalized spacial score (nSPS) is 20.0. The number of nitrogens with zero attached hydrogens (tertiary/aromatic N) is 3. The van der Waals surface area contributed by atoms with Gasteiger partial charge in [-0.25, -0.2) is 4.52 Å². The minimum atomic E-state index is 0.0445. The van der Waals surface area contributed by atoms with Crippen molar-refractivity contribution >= 4 is 39.8 Å². The molecule has 5 nitrogen and oxygen atoms in total. The fourth-order valence-electron chi connectivity index (χ4n) is 1.69. The monoisotopic (exact) mass is 365 g/mol. The second-order valence-corrected chi connectivity index (χ2v) is 5.33. The third-order valence-corrected chi connectivity index (χ3v) is 3.56. The van der Waals surface area contributed by atoms with Crippen LogP contribution in [-0.4, -0.2) is 33.9 Å². The van der Waals surface area contributed by atoms with E-state index < -0.39 is 0 Å². The van der Waals surface area contributed by atoms with Crippen LogP contribution in [0.5, 0.6) is 5.88 Å². The SMILES string of the molecule is Clc1cn2ncc(I)c2nc1OC1CCOC1. The van der Waals surface area contributed by atoms with Crippen molar-refractivity contribution in [1.29, 1.82) is 0 Å². The Morgan fingerprint density at radius 2 is 2.47 bits per heavy atom. The second kappa shape index (κ2) is 4.58. The number of hydrogen-bond acceptors (Lipinski definition) is 4. The molecule has 7 heteroatoms. The summed E-state index contributed by atoms with van der Waals surface area (Å²) in [4.78, 5) is 4.38. The van der Waals surface area contributed by atoms with Gasteiger partial charge in [0.1, 0.15) is 11.1 Å². The summed E-state index contributed by atoms with van der Waals surface area (Å²) in [5.74, 6) is 0.452. The molecular formula is C10H9ClIN3O2. The highest BCUT2D eigenvalue weighted by atomic mass is 127. The Bertz CT molecular complexity index is 554. The number of aromatic nitrogens is 3. The molecule has 1 saturated heterocycles. The second-order valence-electron chi connectivity index (χ2n) is 3.76. The van der Waals surface area contributed by atoms with Gasteiger partial charge < -0.3 is 9.47 Å². The molecule has 1 aliphatic rings. The van der Waals surface area contributed by atoms with Crippen LogP contribution >= 0.6 is 34.2 Å². The highest BCUT2D eigenvalue weighted by Gasteiger charge is 2.20. The third kappa shape index (κ3) is 2.21. The van der Waals surface area contributed by atoms with Gasteiger partial charge in [-0.3, -0.25) is 0 Å². The van der Waals surface area contributed by atoms with Gasteiger partial charge in [-0.15, -0.1) is 0 Å². The molecule has 0 saturated carbocycles. The topological polar surface area (TPSA) is 48.7 Å². The van der Waals surface area contributed by atoms with Crippen LogP contribution in [0.25, 0.3) is 5.65 Å². The van der Waals surface area contributed by atoms with E-state index in [4.69, 9.17) is 21.1 Å². The van der Waals surface area contributed by atoms with Crippen LogP contribution in [0.3, 0.4) is 0 Å². The number of rotatable bonds is 2. The Balaban J connectivity index is 1.96. The Hall–Kier alpha value is -0.600. The molecule has 0 amide bonds. The predicted octanol–water partition coefficient (Wildman–Crippen LogP) is 2.15.